The number of carbonyl (C=O) groups excluding carboxylic acids is 2. The fourth-order valence-corrected chi connectivity index (χ4v) is 5.17. The summed E-state index contributed by atoms with van der Waals surface area (Å²) in [5.41, 5.74) is 1.22. The summed E-state index contributed by atoms with van der Waals surface area (Å²) in [6.07, 6.45) is 0. The minimum Gasteiger partial charge on any atom is -0.497 e. The van der Waals surface area contributed by atoms with Gasteiger partial charge in [0.1, 0.15) is 22.7 Å². The minimum absolute atomic E-state index is 0.0618. The van der Waals surface area contributed by atoms with Gasteiger partial charge in [-0.3, -0.25) is 4.79 Å². The number of hydrogen-bond acceptors (Lipinski definition) is 7. The Morgan fingerprint density at radius 2 is 1.66 bits per heavy atom. The molecule has 4 rings (SSSR count). The van der Waals surface area contributed by atoms with E-state index in [2.05, 4.69) is 0 Å². The molecule has 1 heterocycles. The number of rotatable bonds is 7. The maximum Gasteiger partial charge on any atom is 0.342 e. The highest BCUT2D eigenvalue weighted by Gasteiger charge is 2.31. The Hall–Kier alpha value is -4.11. The summed E-state index contributed by atoms with van der Waals surface area (Å²) in [6.45, 7) is 2.99. The number of hydrogen-bond donors (Lipinski definition) is 0. The molecule has 0 bridgehead atoms. The Morgan fingerprint density at radius 1 is 0.971 bits per heavy atom. The molecule has 0 radical (unpaired) electrons. The van der Waals surface area contributed by atoms with Crippen molar-refractivity contribution in [3.05, 3.63) is 78.4 Å². The molecule has 0 fully saturated rings. The molecule has 0 aliphatic carbocycles. The van der Waals surface area contributed by atoms with Gasteiger partial charge in [0.15, 0.2) is 0 Å². The molecular formula is C26H23NO7S. The average Bonchev–Trinajstić information content (AvgIpc) is 3.23. The molecule has 0 unspecified atom stereocenters. The van der Waals surface area contributed by atoms with Crippen molar-refractivity contribution in [1.82, 2.24) is 0 Å². The quantitative estimate of drug-likeness (QED) is 0.333. The highest BCUT2D eigenvalue weighted by molar-refractivity contribution is 7.93. The number of anilines is 1. The number of fused-ring (bicyclic) bond motifs is 1. The molecule has 0 aliphatic heterocycles. The maximum absolute atomic E-state index is 13.4. The Labute approximate surface area is 202 Å². The molecule has 35 heavy (non-hydrogen) atoms. The lowest BCUT2D eigenvalue weighted by Gasteiger charge is -2.21. The van der Waals surface area contributed by atoms with Gasteiger partial charge < -0.3 is 13.9 Å². The highest BCUT2D eigenvalue weighted by atomic mass is 32.2. The topological polar surface area (TPSA) is 103 Å². The van der Waals surface area contributed by atoms with Crippen molar-refractivity contribution in [3.8, 4) is 17.1 Å². The number of esters is 1. The van der Waals surface area contributed by atoms with Gasteiger partial charge in [0.05, 0.1) is 24.3 Å². The third-order valence-corrected chi connectivity index (χ3v) is 7.12. The first kappa shape index (κ1) is 24.0. The number of nitrogens with zero attached hydrogens (tertiary/aromatic N) is 1. The van der Waals surface area contributed by atoms with Crippen LogP contribution in [0.3, 0.4) is 0 Å². The lowest BCUT2D eigenvalue weighted by molar-refractivity contribution is -0.115. The van der Waals surface area contributed by atoms with Gasteiger partial charge in [-0.05, 0) is 49.4 Å². The first-order valence-electron chi connectivity index (χ1n) is 10.8. The van der Waals surface area contributed by atoms with E-state index < -0.39 is 21.9 Å². The zero-order valence-electron chi connectivity index (χ0n) is 19.3. The number of carbonyl (C=O) groups is 2. The molecule has 0 aliphatic rings. The lowest BCUT2D eigenvalue weighted by atomic mass is 10.1. The van der Waals surface area contributed by atoms with Crippen LogP contribution in [0, 0.1) is 0 Å². The van der Waals surface area contributed by atoms with E-state index in [1.54, 1.807) is 19.1 Å². The summed E-state index contributed by atoms with van der Waals surface area (Å²) < 4.78 is 43.8. The highest BCUT2D eigenvalue weighted by Crippen LogP contribution is 2.37. The van der Waals surface area contributed by atoms with E-state index in [-0.39, 0.29) is 22.8 Å². The van der Waals surface area contributed by atoms with Gasteiger partial charge in [0.2, 0.25) is 5.91 Å². The second-order valence-corrected chi connectivity index (χ2v) is 9.32. The molecule has 0 N–H and O–H groups in total. The van der Waals surface area contributed by atoms with Crippen LogP contribution >= 0.6 is 0 Å². The van der Waals surface area contributed by atoms with E-state index in [4.69, 9.17) is 13.9 Å². The van der Waals surface area contributed by atoms with Crippen LogP contribution in [-0.4, -0.2) is 34.0 Å². The fourth-order valence-electron chi connectivity index (χ4n) is 3.75. The zero-order chi connectivity index (χ0) is 25.2. The molecule has 1 amide bonds. The Bertz CT molecular complexity index is 1490. The molecule has 0 atom stereocenters. The first-order chi connectivity index (χ1) is 16.8. The van der Waals surface area contributed by atoms with Gasteiger partial charge in [-0.2, -0.15) is 0 Å². The smallest absolute Gasteiger partial charge is 0.342 e. The van der Waals surface area contributed by atoms with Gasteiger partial charge in [-0.1, -0.05) is 30.3 Å². The van der Waals surface area contributed by atoms with Gasteiger partial charge in [0, 0.05) is 17.9 Å². The summed E-state index contributed by atoms with van der Waals surface area (Å²) in [6, 6.07) is 19.2. The third-order valence-electron chi connectivity index (χ3n) is 5.31. The standard InChI is InChI=1S/C26H23NO7S/c1-4-33-26(29)24-22-16-19(10-15-23(22)34-25(24)18-8-6-5-7-9-18)27(17(2)28)35(30,31)21-13-11-20(32-3)12-14-21/h5-16H,4H2,1-3H3. The largest absolute Gasteiger partial charge is 0.497 e. The summed E-state index contributed by atoms with van der Waals surface area (Å²) >= 11 is 0. The normalized spacial score (nSPS) is 11.3. The van der Waals surface area contributed by atoms with E-state index in [0.717, 1.165) is 6.92 Å². The van der Waals surface area contributed by atoms with Gasteiger partial charge in [-0.15, -0.1) is 0 Å². The van der Waals surface area contributed by atoms with Gasteiger partial charge in [0.25, 0.3) is 10.0 Å². The summed E-state index contributed by atoms with van der Waals surface area (Å²) in [5, 5.41) is 0.330. The predicted octanol–water partition coefficient (Wildman–Crippen LogP) is 5.03. The van der Waals surface area contributed by atoms with E-state index >= 15 is 0 Å². The summed E-state index contributed by atoms with van der Waals surface area (Å²) in [4.78, 5) is 25.4. The molecule has 9 heteroatoms. The predicted molar refractivity (Wildman–Crippen MR) is 131 cm³/mol. The van der Waals surface area contributed by atoms with E-state index in [9.17, 15) is 18.0 Å². The van der Waals surface area contributed by atoms with Crippen molar-refractivity contribution < 1.29 is 31.9 Å². The van der Waals surface area contributed by atoms with Crippen LogP contribution in [-0.2, 0) is 19.6 Å². The van der Waals surface area contributed by atoms with Gasteiger partial charge >= 0.3 is 5.97 Å². The average molecular weight is 494 g/mol. The van der Waals surface area contributed by atoms with Crippen LogP contribution < -0.4 is 9.04 Å². The van der Waals surface area contributed by atoms with Crippen molar-refractivity contribution in [1.29, 1.82) is 0 Å². The molecular weight excluding hydrogens is 470 g/mol. The molecule has 0 saturated carbocycles. The molecule has 3 aromatic carbocycles. The van der Waals surface area contributed by atoms with E-state index in [1.807, 2.05) is 18.2 Å². The van der Waals surface area contributed by atoms with Crippen LogP contribution in [0.5, 0.6) is 5.75 Å². The molecule has 4 aromatic rings. The van der Waals surface area contributed by atoms with Crippen molar-refractivity contribution in [2.75, 3.05) is 18.0 Å². The zero-order valence-corrected chi connectivity index (χ0v) is 20.2. The monoisotopic (exact) mass is 493 g/mol. The van der Waals surface area contributed by atoms with Crippen LogP contribution in [0.1, 0.15) is 24.2 Å². The van der Waals surface area contributed by atoms with Crippen molar-refractivity contribution in [3.63, 3.8) is 0 Å². The Kier molecular flexibility index (Phi) is 6.61. The molecule has 0 spiro atoms. The Balaban J connectivity index is 1.90. The van der Waals surface area contributed by atoms with E-state index in [1.165, 1.54) is 49.6 Å². The first-order valence-corrected chi connectivity index (χ1v) is 12.2. The minimum atomic E-state index is -4.25. The molecule has 1 aromatic heterocycles. The van der Waals surface area contributed by atoms with Crippen LogP contribution in [0.4, 0.5) is 5.69 Å². The lowest BCUT2D eigenvalue weighted by Crippen LogP contribution is -2.35. The molecule has 180 valence electrons. The van der Waals surface area contributed by atoms with E-state index in [0.29, 0.717) is 32.3 Å². The maximum atomic E-state index is 13.4. The Morgan fingerprint density at radius 3 is 2.26 bits per heavy atom. The fraction of sp³-hybridized carbons (Fsp3) is 0.154. The number of ether oxygens (including phenoxy) is 2. The SMILES string of the molecule is CCOC(=O)c1c(-c2ccccc2)oc2ccc(N(C(C)=O)S(=O)(=O)c3ccc(OC)cc3)cc12. The van der Waals surface area contributed by atoms with Crippen LogP contribution in [0.25, 0.3) is 22.3 Å². The van der Waals surface area contributed by atoms with Crippen molar-refractivity contribution in [2.45, 2.75) is 18.7 Å². The third kappa shape index (κ3) is 4.50. The summed E-state index contributed by atoms with van der Waals surface area (Å²) in [5.74, 6) is -0.562. The molecule has 8 nitrogen and oxygen atoms in total. The number of benzene rings is 3. The van der Waals surface area contributed by atoms with Crippen molar-refractivity contribution >= 4 is 38.6 Å². The molecule has 0 saturated heterocycles. The van der Waals surface area contributed by atoms with Gasteiger partial charge in [-0.25, -0.2) is 17.5 Å². The number of furan rings is 1. The summed E-state index contributed by atoms with van der Waals surface area (Å²) in [7, 11) is -2.79. The van der Waals surface area contributed by atoms with Crippen LogP contribution in [0.15, 0.2) is 82.1 Å². The number of methoxy groups -OCH3 is 1. The number of amides is 1. The van der Waals surface area contributed by atoms with Crippen molar-refractivity contribution in [2.24, 2.45) is 0 Å². The second-order valence-electron chi connectivity index (χ2n) is 7.54. The number of sulfonamides is 1. The van der Waals surface area contributed by atoms with Crippen LogP contribution in [0.2, 0.25) is 0 Å². The second kappa shape index (κ2) is 9.63.